The fourth-order valence-electron chi connectivity index (χ4n) is 5.85. The molecule has 306 valence electrons. The fraction of sp³-hybridized carbons (Fsp3) is 0.562. The Labute approximate surface area is 340 Å². The predicted octanol–water partition coefficient (Wildman–Crippen LogP) is -5.43. The van der Waals surface area contributed by atoms with E-state index in [0.717, 1.165) is 6.26 Å². The zero-order valence-corrected chi connectivity index (χ0v) is 34.3. The number of aliphatic hydroxyl groups is 1. The maximum absolute atomic E-state index is 11.8. The molecule has 0 saturated carbocycles. The van der Waals surface area contributed by atoms with E-state index in [1.54, 1.807) is 32.9 Å². The number of nitrogens with one attached hydrogen (secondary N) is 3. The van der Waals surface area contributed by atoms with E-state index in [-0.39, 0.29) is 83.6 Å². The summed E-state index contributed by atoms with van der Waals surface area (Å²) in [6.07, 6.45) is 7.87. The third kappa shape index (κ3) is 11.7. The Balaban J connectivity index is 0.000000286. The number of rotatable bonds is 7. The first-order chi connectivity index (χ1) is 24.9. The minimum absolute atomic E-state index is 0. The SMILES string of the molecule is Cc1cn(C2C=CC(CO)O2)c(=O)[nH]c1=O.Cc1cn(C2CC(C)C(COS(C)(=O)=O)O2)c(=O)[nH]c1=O.Cc1cn(C2CC3OCC3O2)c(=O)[nH]c1=O.O.[Na+].[OH-]. The first-order valence-corrected chi connectivity index (χ1v) is 18.4. The second kappa shape index (κ2) is 20.2. The zero-order chi connectivity index (χ0) is 38.8. The monoisotopic (exact) mass is 824 g/mol. The molecule has 56 heavy (non-hydrogen) atoms. The van der Waals surface area contributed by atoms with Crippen LogP contribution in [0.2, 0.25) is 0 Å². The van der Waals surface area contributed by atoms with E-state index in [0.29, 0.717) is 36.1 Å². The van der Waals surface area contributed by atoms with Gasteiger partial charge in [-0.05, 0) is 39.2 Å². The summed E-state index contributed by atoms with van der Waals surface area (Å²) in [6.45, 7) is 7.12. The molecule has 4 aliphatic heterocycles. The van der Waals surface area contributed by atoms with E-state index < -0.39 is 63.0 Å². The Morgan fingerprint density at radius 2 is 1.25 bits per heavy atom. The number of fused-ring (bicyclic) bond motifs is 1. The summed E-state index contributed by atoms with van der Waals surface area (Å²) in [5.41, 5.74) is -1.34. The van der Waals surface area contributed by atoms with E-state index in [1.807, 2.05) is 6.92 Å². The van der Waals surface area contributed by atoms with Gasteiger partial charge in [0.2, 0.25) is 0 Å². The van der Waals surface area contributed by atoms with Crippen LogP contribution in [0, 0.1) is 26.7 Å². The second-order valence-corrected chi connectivity index (χ2v) is 14.8. The maximum Gasteiger partial charge on any atom is 1.00 e. The molecule has 8 unspecified atom stereocenters. The number of aryl methyl sites for hydroxylation is 3. The first-order valence-electron chi connectivity index (χ1n) is 16.6. The number of ether oxygens (including phenoxy) is 4. The van der Waals surface area contributed by atoms with Crippen molar-refractivity contribution in [2.24, 2.45) is 5.92 Å². The van der Waals surface area contributed by atoms with Crippen LogP contribution < -0.4 is 63.3 Å². The summed E-state index contributed by atoms with van der Waals surface area (Å²) in [4.78, 5) is 75.3. The van der Waals surface area contributed by atoms with Crippen LogP contribution in [0.4, 0.5) is 0 Å². The van der Waals surface area contributed by atoms with Crippen molar-refractivity contribution >= 4 is 10.1 Å². The number of hydrogen-bond acceptors (Lipinski definition) is 15. The molecule has 24 heteroatoms. The van der Waals surface area contributed by atoms with Gasteiger partial charge in [0.15, 0.2) is 6.23 Å². The van der Waals surface area contributed by atoms with Crippen molar-refractivity contribution in [1.29, 1.82) is 0 Å². The van der Waals surface area contributed by atoms with E-state index in [1.165, 1.54) is 32.3 Å². The molecule has 0 bridgehead atoms. The summed E-state index contributed by atoms with van der Waals surface area (Å²) in [6, 6.07) is 0. The normalized spacial score (nSPS) is 25.8. The van der Waals surface area contributed by atoms with Crippen molar-refractivity contribution < 1.29 is 77.2 Å². The van der Waals surface area contributed by atoms with Crippen LogP contribution in [0.25, 0.3) is 0 Å². The molecule has 7 rings (SSSR count). The molecule has 0 aromatic carbocycles. The minimum atomic E-state index is -3.53. The van der Waals surface area contributed by atoms with Crippen molar-refractivity contribution in [1.82, 2.24) is 28.7 Å². The van der Waals surface area contributed by atoms with Crippen LogP contribution in [-0.4, -0.2) is 104 Å². The summed E-state index contributed by atoms with van der Waals surface area (Å²) in [5, 5.41) is 8.88. The van der Waals surface area contributed by atoms with Gasteiger partial charge in [-0.25, -0.2) is 14.4 Å². The summed E-state index contributed by atoms with van der Waals surface area (Å²) < 4.78 is 52.7. The molecule has 3 fully saturated rings. The Morgan fingerprint density at radius 1 is 0.768 bits per heavy atom. The number of nitrogens with zero attached hydrogens (tertiary/aromatic N) is 3. The Morgan fingerprint density at radius 3 is 1.66 bits per heavy atom. The van der Waals surface area contributed by atoms with E-state index in [2.05, 4.69) is 15.0 Å². The average molecular weight is 825 g/mol. The molecule has 7 N–H and O–H groups in total. The summed E-state index contributed by atoms with van der Waals surface area (Å²) in [5.74, 6) is 0.0240. The topological polar surface area (TPSA) is 327 Å². The van der Waals surface area contributed by atoms with Crippen LogP contribution in [0.5, 0.6) is 0 Å². The predicted molar refractivity (Wildman–Crippen MR) is 191 cm³/mol. The summed E-state index contributed by atoms with van der Waals surface area (Å²) in [7, 11) is -3.53. The Kier molecular flexibility index (Phi) is 17.5. The molecule has 0 spiro atoms. The van der Waals surface area contributed by atoms with Gasteiger partial charge < -0.3 is 35.0 Å². The van der Waals surface area contributed by atoms with Gasteiger partial charge in [0.05, 0.1) is 38.3 Å². The second-order valence-electron chi connectivity index (χ2n) is 13.1. The molecular formula is C32H45N6NaO16S. The van der Waals surface area contributed by atoms with E-state index in [9.17, 15) is 37.2 Å². The van der Waals surface area contributed by atoms with Crippen LogP contribution in [0.1, 0.15) is 55.1 Å². The number of aromatic nitrogens is 6. The smallest absolute Gasteiger partial charge is 0.870 e. The van der Waals surface area contributed by atoms with Gasteiger partial charge in [-0.15, -0.1) is 0 Å². The number of H-pyrrole nitrogens is 3. The van der Waals surface area contributed by atoms with Gasteiger partial charge in [-0.3, -0.25) is 47.2 Å². The molecule has 0 radical (unpaired) electrons. The minimum Gasteiger partial charge on any atom is -0.870 e. The molecule has 0 aliphatic carbocycles. The van der Waals surface area contributed by atoms with Gasteiger partial charge in [0, 0.05) is 41.7 Å². The maximum atomic E-state index is 11.8. The zero-order valence-electron chi connectivity index (χ0n) is 31.5. The van der Waals surface area contributed by atoms with Crippen LogP contribution in [-0.2, 0) is 33.2 Å². The van der Waals surface area contributed by atoms with Gasteiger partial charge >= 0.3 is 46.6 Å². The van der Waals surface area contributed by atoms with Gasteiger partial charge in [0.25, 0.3) is 26.8 Å². The van der Waals surface area contributed by atoms with Crippen molar-refractivity contribution in [2.45, 2.75) is 83.6 Å². The van der Waals surface area contributed by atoms with Gasteiger partial charge in [0.1, 0.15) is 24.7 Å². The van der Waals surface area contributed by atoms with E-state index >= 15 is 0 Å². The molecule has 7 heterocycles. The molecule has 3 saturated heterocycles. The van der Waals surface area contributed by atoms with Crippen molar-refractivity contribution in [3.05, 3.63) is 110 Å². The average Bonchev–Trinajstić information content (AvgIpc) is 3.79. The third-order valence-electron chi connectivity index (χ3n) is 8.96. The Bertz CT molecular complexity index is 2300. The first kappa shape index (κ1) is 48.6. The molecule has 8 atom stereocenters. The van der Waals surface area contributed by atoms with Gasteiger partial charge in [-0.2, -0.15) is 8.42 Å². The summed E-state index contributed by atoms with van der Waals surface area (Å²) >= 11 is 0. The van der Waals surface area contributed by atoms with Crippen molar-refractivity contribution in [3.63, 3.8) is 0 Å². The van der Waals surface area contributed by atoms with Crippen molar-refractivity contribution in [2.75, 3.05) is 26.1 Å². The van der Waals surface area contributed by atoms with Crippen LogP contribution in [0.15, 0.2) is 59.5 Å². The molecule has 4 aliphatic rings. The van der Waals surface area contributed by atoms with Crippen LogP contribution >= 0.6 is 0 Å². The van der Waals surface area contributed by atoms with Crippen molar-refractivity contribution in [3.8, 4) is 0 Å². The largest absolute Gasteiger partial charge is 1.00 e. The molecule has 3 aromatic heterocycles. The van der Waals surface area contributed by atoms with E-state index in [4.69, 9.17) is 28.2 Å². The standard InChI is InChI=1S/C12H18N2O6S.2C10H12N2O4.Na.2H2O/c1-7-4-10(20-9(7)6-19-21(3,17)18)14-5-8(2)11(15)13-12(14)16;1-5-3-12(10(14)11-9(5)13)8-2-6-7(16-8)4-15-6;1-6-4-12(10(15)11-9(6)14)8-3-2-7(5-13)16-8;;;/h5,7,9-10H,4,6H2,1-3H3,(H,13,15,16);3,6-8H,2,4H2,1H3,(H,11,13,14);2-4,7-8,13H,5H2,1H3,(H,11,14,15);;2*1H2/q;;;+1;;/p-1. The number of aliphatic hydroxyl groups excluding tert-OH is 1. The number of aromatic amines is 3. The van der Waals surface area contributed by atoms with Crippen LogP contribution in [0.3, 0.4) is 0 Å². The third-order valence-corrected chi connectivity index (χ3v) is 9.52. The Hall–Kier alpha value is -3.59. The molecule has 3 aromatic rings. The quantitative estimate of drug-likeness (QED) is 0.0982. The molecule has 22 nitrogen and oxygen atoms in total. The van der Waals surface area contributed by atoms with Gasteiger partial charge in [-0.1, -0.05) is 13.0 Å². The molecule has 0 amide bonds. The fourth-order valence-corrected chi connectivity index (χ4v) is 6.23. The number of hydrogen-bond donors (Lipinski definition) is 4. The molecular weight excluding hydrogens is 779 g/mol.